The number of fused-ring (bicyclic) bond motifs is 3. The van der Waals surface area contributed by atoms with Gasteiger partial charge in [-0.05, 0) is 42.5 Å². The Morgan fingerprint density at radius 1 is 1.05 bits per heavy atom. The first-order chi connectivity index (χ1) is 9.75. The van der Waals surface area contributed by atoms with Gasteiger partial charge in [0.05, 0.1) is 0 Å². The lowest BCUT2D eigenvalue weighted by Gasteiger charge is -2.27. The van der Waals surface area contributed by atoms with E-state index >= 15 is 0 Å². The number of aryl methyl sites for hydroxylation is 1. The number of hydrogen-bond acceptors (Lipinski definition) is 2. The van der Waals surface area contributed by atoms with Gasteiger partial charge in [-0.3, -0.25) is 0 Å². The minimum absolute atomic E-state index is 0.0959. The van der Waals surface area contributed by atoms with Crippen molar-refractivity contribution in [1.82, 2.24) is 0 Å². The lowest BCUT2D eigenvalue weighted by molar-refractivity contribution is 0.669. The molecule has 1 fully saturated rings. The van der Waals surface area contributed by atoms with Gasteiger partial charge in [-0.15, -0.1) is 0 Å². The molecule has 0 saturated heterocycles. The molecule has 2 heteroatoms. The first-order valence-electron chi connectivity index (χ1n) is 7.47. The third kappa shape index (κ3) is 1.75. The van der Waals surface area contributed by atoms with Crippen molar-refractivity contribution in [2.24, 2.45) is 5.73 Å². The first-order valence-corrected chi connectivity index (χ1v) is 7.47. The van der Waals surface area contributed by atoms with Gasteiger partial charge in [0.1, 0.15) is 0 Å². The Morgan fingerprint density at radius 2 is 1.85 bits per heavy atom. The number of nitrogens with two attached hydrogens (primary N) is 1. The average molecular weight is 264 g/mol. The summed E-state index contributed by atoms with van der Waals surface area (Å²) in [6.45, 7) is 3.13. The first kappa shape index (κ1) is 12.0. The second-order valence-electron chi connectivity index (χ2n) is 6.05. The monoisotopic (exact) mass is 264 g/mol. The molecule has 2 N–H and O–H groups in total. The van der Waals surface area contributed by atoms with Crippen LogP contribution in [0.15, 0.2) is 42.5 Å². The van der Waals surface area contributed by atoms with Gasteiger partial charge < -0.3 is 10.6 Å². The summed E-state index contributed by atoms with van der Waals surface area (Å²) in [4.78, 5) is 2.53. The van der Waals surface area contributed by atoms with E-state index in [0.717, 1.165) is 6.54 Å². The Kier molecular flexibility index (Phi) is 2.61. The van der Waals surface area contributed by atoms with Crippen LogP contribution in [0.1, 0.15) is 30.0 Å². The Balaban J connectivity index is 2.00. The lowest BCUT2D eigenvalue weighted by atomic mass is 9.93. The van der Waals surface area contributed by atoms with Crippen molar-refractivity contribution < 1.29 is 0 Å². The number of benzene rings is 2. The summed E-state index contributed by atoms with van der Waals surface area (Å²) >= 11 is 0. The Morgan fingerprint density at radius 3 is 2.65 bits per heavy atom. The molecule has 0 spiro atoms. The van der Waals surface area contributed by atoms with Crippen LogP contribution < -0.4 is 10.6 Å². The van der Waals surface area contributed by atoms with Crippen LogP contribution in [0.3, 0.4) is 0 Å². The van der Waals surface area contributed by atoms with Crippen LogP contribution in [-0.4, -0.2) is 12.6 Å². The maximum atomic E-state index is 6.49. The van der Waals surface area contributed by atoms with Crippen molar-refractivity contribution in [2.75, 3.05) is 11.4 Å². The van der Waals surface area contributed by atoms with Gasteiger partial charge >= 0.3 is 0 Å². The zero-order valence-electron chi connectivity index (χ0n) is 11.8. The van der Waals surface area contributed by atoms with Crippen LogP contribution in [0.5, 0.6) is 0 Å². The van der Waals surface area contributed by atoms with E-state index in [4.69, 9.17) is 5.73 Å². The van der Waals surface area contributed by atoms with Gasteiger partial charge in [0.25, 0.3) is 0 Å². The van der Waals surface area contributed by atoms with Crippen molar-refractivity contribution in [1.29, 1.82) is 0 Å². The summed E-state index contributed by atoms with van der Waals surface area (Å²) in [5, 5.41) is 0. The largest absolute Gasteiger partial charge is 0.366 e. The van der Waals surface area contributed by atoms with Crippen molar-refractivity contribution in [2.45, 2.75) is 31.8 Å². The van der Waals surface area contributed by atoms with Crippen LogP contribution in [0.25, 0.3) is 11.1 Å². The van der Waals surface area contributed by atoms with Gasteiger partial charge in [0.15, 0.2) is 0 Å². The van der Waals surface area contributed by atoms with Crippen molar-refractivity contribution in [3.8, 4) is 11.1 Å². The van der Waals surface area contributed by atoms with Gasteiger partial charge in [-0.25, -0.2) is 0 Å². The molecular weight excluding hydrogens is 244 g/mol. The molecule has 1 aliphatic carbocycles. The van der Waals surface area contributed by atoms with Crippen LogP contribution in [0.2, 0.25) is 0 Å². The summed E-state index contributed by atoms with van der Waals surface area (Å²) < 4.78 is 0. The van der Waals surface area contributed by atoms with Crippen LogP contribution >= 0.6 is 0 Å². The van der Waals surface area contributed by atoms with Crippen LogP contribution in [0, 0.1) is 6.92 Å². The summed E-state index contributed by atoms with van der Waals surface area (Å²) in [5.41, 5.74) is 13.2. The Bertz CT molecular complexity index is 658. The van der Waals surface area contributed by atoms with E-state index in [0.29, 0.717) is 6.04 Å². The molecule has 0 aromatic heterocycles. The topological polar surface area (TPSA) is 29.3 Å². The molecule has 0 unspecified atom stereocenters. The van der Waals surface area contributed by atoms with E-state index in [-0.39, 0.29) is 6.04 Å². The fourth-order valence-electron chi connectivity index (χ4n) is 3.43. The second-order valence-corrected chi connectivity index (χ2v) is 6.05. The van der Waals surface area contributed by atoms with Crippen molar-refractivity contribution >= 4 is 5.69 Å². The lowest BCUT2D eigenvalue weighted by Crippen LogP contribution is -2.33. The van der Waals surface area contributed by atoms with E-state index in [1.165, 1.54) is 40.8 Å². The molecule has 2 aromatic carbocycles. The Hall–Kier alpha value is -1.80. The molecule has 0 bridgehead atoms. The summed E-state index contributed by atoms with van der Waals surface area (Å²) in [7, 11) is 0. The predicted molar refractivity (Wildman–Crippen MR) is 83.9 cm³/mol. The van der Waals surface area contributed by atoms with E-state index in [2.05, 4.69) is 54.3 Å². The number of anilines is 1. The van der Waals surface area contributed by atoms with E-state index < -0.39 is 0 Å². The second kappa shape index (κ2) is 4.35. The minimum atomic E-state index is 0.0959. The van der Waals surface area contributed by atoms with Crippen molar-refractivity contribution in [3.05, 3.63) is 53.6 Å². The third-order valence-corrected chi connectivity index (χ3v) is 4.57. The van der Waals surface area contributed by atoms with Gasteiger partial charge in [0.2, 0.25) is 0 Å². The van der Waals surface area contributed by atoms with E-state index in [9.17, 15) is 0 Å². The zero-order chi connectivity index (χ0) is 13.7. The third-order valence-electron chi connectivity index (χ3n) is 4.57. The molecule has 4 rings (SSSR count). The molecule has 0 amide bonds. The summed E-state index contributed by atoms with van der Waals surface area (Å²) in [5.74, 6) is 0. The Labute approximate surface area is 120 Å². The van der Waals surface area contributed by atoms with Crippen LogP contribution in [0.4, 0.5) is 5.69 Å². The molecule has 1 aliphatic heterocycles. The van der Waals surface area contributed by atoms with Crippen LogP contribution in [-0.2, 0) is 0 Å². The van der Waals surface area contributed by atoms with Gasteiger partial charge in [-0.1, -0.05) is 36.4 Å². The van der Waals surface area contributed by atoms with Crippen molar-refractivity contribution in [3.63, 3.8) is 0 Å². The fourth-order valence-corrected chi connectivity index (χ4v) is 3.43. The molecule has 2 aromatic rings. The van der Waals surface area contributed by atoms with E-state index in [1.54, 1.807) is 0 Å². The smallest absolute Gasteiger partial charge is 0.0479 e. The normalized spacial score (nSPS) is 21.1. The number of rotatable bonds is 1. The highest BCUT2D eigenvalue weighted by Crippen LogP contribution is 2.44. The minimum Gasteiger partial charge on any atom is -0.366 e. The zero-order valence-corrected chi connectivity index (χ0v) is 11.8. The van der Waals surface area contributed by atoms with Gasteiger partial charge in [-0.2, -0.15) is 0 Å². The molecular formula is C18H20N2. The maximum absolute atomic E-state index is 6.49. The molecule has 2 nitrogen and oxygen atoms in total. The molecule has 0 radical (unpaired) electrons. The molecule has 20 heavy (non-hydrogen) atoms. The van der Waals surface area contributed by atoms with Gasteiger partial charge in [0, 0.05) is 29.9 Å². The number of hydrogen-bond donors (Lipinski definition) is 1. The maximum Gasteiger partial charge on any atom is 0.0479 e. The highest BCUT2D eigenvalue weighted by molar-refractivity contribution is 5.85. The fraction of sp³-hybridized carbons (Fsp3) is 0.333. The summed E-state index contributed by atoms with van der Waals surface area (Å²) in [6.07, 6.45) is 2.60. The summed E-state index contributed by atoms with van der Waals surface area (Å²) in [6, 6.07) is 16.0. The molecule has 2 aliphatic rings. The SMILES string of the molecule is Cc1cccc2c1-c1ccccc1[C@H](N)CN2C1CC1. The standard InChI is InChI=1S/C18H20N2/c1-12-5-4-8-17-18(12)15-7-3-2-6-14(15)16(19)11-20(17)13-9-10-13/h2-8,13,16H,9-11,19H2,1H3/t16-/m1/s1. The highest BCUT2D eigenvalue weighted by atomic mass is 15.2. The predicted octanol–water partition coefficient (Wildman–Crippen LogP) is 3.64. The molecule has 1 atom stereocenters. The molecule has 102 valence electrons. The quantitative estimate of drug-likeness (QED) is 0.852. The average Bonchev–Trinajstić information content (AvgIpc) is 3.28. The molecule has 1 heterocycles. The highest BCUT2D eigenvalue weighted by Gasteiger charge is 2.34. The number of nitrogens with zero attached hydrogens (tertiary/aromatic N) is 1. The van der Waals surface area contributed by atoms with E-state index in [1.807, 2.05) is 0 Å². The molecule has 1 saturated carbocycles.